The first-order valence-corrected chi connectivity index (χ1v) is 10.8. The summed E-state index contributed by atoms with van der Waals surface area (Å²) in [6.07, 6.45) is 2.34. The van der Waals surface area contributed by atoms with Crippen molar-refractivity contribution in [3.05, 3.63) is 70.1 Å². The second kappa shape index (κ2) is 9.60. The first-order chi connectivity index (χ1) is 15.0. The Labute approximate surface area is 186 Å². The van der Waals surface area contributed by atoms with Gasteiger partial charge in [-0.05, 0) is 24.1 Å². The molecule has 0 unspecified atom stereocenters. The maximum absolute atomic E-state index is 12.9. The maximum atomic E-state index is 12.9. The molecular formula is C23H25ClN4O3. The average Bonchev–Trinajstić information content (AvgIpc) is 3.16. The molecule has 2 aromatic heterocycles. The highest BCUT2D eigenvalue weighted by molar-refractivity contribution is 6.30. The SMILES string of the molecule is CCc1nc2ccc(Cl)cn2c1C(=O)NCc1ccc(C(=O)CN2CCOCC2)cc1. The number of imidazole rings is 1. The number of ether oxygens (including phenoxy) is 1. The number of halogens is 1. The summed E-state index contributed by atoms with van der Waals surface area (Å²) in [4.78, 5) is 32.0. The largest absolute Gasteiger partial charge is 0.379 e. The fourth-order valence-electron chi connectivity index (χ4n) is 3.68. The van der Waals surface area contributed by atoms with Gasteiger partial charge in [-0.2, -0.15) is 0 Å². The molecule has 31 heavy (non-hydrogen) atoms. The number of Topliss-reactive ketones (excluding diaryl/α,β-unsaturated/α-hetero) is 1. The summed E-state index contributed by atoms with van der Waals surface area (Å²) in [6.45, 7) is 5.62. The van der Waals surface area contributed by atoms with Crippen molar-refractivity contribution < 1.29 is 14.3 Å². The van der Waals surface area contributed by atoms with Gasteiger partial charge in [0.05, 0.1) is 30.5 Å². The number of aryl methyl sites for hydroxylation is 1. The van der Waals surface area contributed by atoms with E-state index in [1.165, 1.54) is 0 Å². The predicted molar refractivity (Wildman–Crippen MR) is 119 cm³/mol. The highest BCUT2D eigenvalue weighted by atomic mass is 35.5. The molecule has 0 spiro atoms. The molecule has 4 rings (SSSR count). The molecule has 1 N–H and O–H groups in total. The number of carbonyl (C=O) groups is 2. The third-order valence-corrected chi connectivity index (χ3v) is 5.63. The van der Waals surface area contributed by atoms with Crippen molar-refractivity contribution in [2.24, 2.45) is 0 Å². The Morgan fingerprint density at radius 1 is 1.13 bits per heavy atom. The molecule has 1 fully saturated rings. The molecule has 1 aliphatic heterocycles. The Balaban J connectivity index is 1.40. The number of hydrogen-bond acceptors (Lipinski definition) is 5. The Morgan fingerprint density at radius 3 is 2.58 bits per heavy atom. The zero-order valence-corrected chi connectivity index (χ0v) is 18.2. The number of ketones is 1. The number of morpholine rings is 1. The highest BCUT2D eigenvalue weighted by Crippen LogP contribution is 2.17. The van der Waals surface area contributed by atoms with Gasteiger partial charge < -0.3 is 10.1 Å². The quantitative estimate of drug-likeness (QED) is 0.571. The minimum absolute atomic E-state index is 0.0904. The molecule has 1 aromatic carbocycles. The summed E-state index contributed by atoms with van der Waals surface area (Å²) in [5.41, 5.74) is 3.50. The van der Waals surface area contributed by atoms with Gasteiger partial charge in [0.2, 0.25) is 0 Å². The van der Waals surface area contributed by atoms with Crippen LogP contribution in [0, 0.1) is 0 Å². The van der Waals surface area contributed by atoms with E-state index in [1.54, 1.807) is 22.7 Å². The number of benzene rings is 1. The lowest BCUT2D eigenvalue weighted by atomic mass is 10.1. The number of fused-ring (bicyclic) bond motifs is 1. The lowest BCUT2D eigenvalue weighted by Gasteiger charge is -2.25. The molecule has 0 saturated carbocycles. The van der Waals surface area contributed by atoms with Gasteiger partial charge in [-0.15, -0.1) is 0 Å². The van der Waals surface area contributed by atoms with E-state index in [0.717, 1.165) is 24.3 Å². The van der Waals surface area contributed by atoms with Crippen LogP contribution < -0.4 is 5.32 Å². The van der Waals surface area contributed by atoms with Gasteiger partial charge in [-0.3, -0.25) is 18.9 Å². The van der Waals surface area contributed by atoms with Gasteiger partial charge in [0.15, 0.2) is 5.78 Å². The van der Waals surface area contributed by atoms with E-state index in [-0.39, 0.29) is 11.7 Å². The molecule has 162 valence electrons. The molecule has 0 bridgehead atoms. The van der Waals surface area contributed by atoms with Gasteiger partial charge in [0, 0.05) is 31.4 Å². The summed E-state index contributed by atoms with van der Waals surface area (Å²) >= 11 is 6.11. The summed E-state index contributed by atoms with van der Waals surface area (Å²) in [6, 6.07) is 10.9. The van der Waals surface area contributed by atoms with Crippen LogP contribution in [0.1, 0.15) is 39.0 Å². The van der Waals surface area contributed by atoms with E-state index in [4.69, 9.17) is 16.3 Å². The summed E-state index contributed by atoms with van der Waals surface area (Å²) in [7, 11) is 0. The maximum Gasteiger partial charge on any atom is 0.270 e. The minimum atomic E-state index is -0.209. The Hall–Kier alpha value is -2.74. The molecule has 1 aliphatic rings. The zero-order chi connectivity index (χ0) is 21.8. The number of pyridine rings is 1. The number of hydrogen-bond donors (Lipinski definition) is 1. The minimum Gasteiger partial charge on any atom is -0.379 e. The zero-order valence-electron chi connectivity index (χ0n) is 17.4. The third kappa shape index (κ3) is 4.95. The van der Waals surface area contributed by atoms with Crippen molar-refractivity contribution in [1.29, 1.82) is 0 Å². The van der Waals surface area contributed by atoms with Crippen LogP contribution in [0.25, 0.3) is 5.65 Å². The van der Waals surface area contributed by atoms with Crippen LogP contribution in [0.3, 0.4) is 0 Å². The molecule has 1 saturated heterocycles. The number of nitrogens with zero attached hydrogens (tertiary/aromatic N) is 3. The number of nitrogens with one attached hydrogen (secondary N) is 1. The summed E-state index contributed by atoms with van der Waals surface area (Å²) in [5, 5.41) is 3.49. The summed E-state index contributed by atoms with van der Waals surface area (Å²) in [5.74, 6) is -0.119. The van der Waals surface area contributed by atoms with Gasteiger partial charge in [-0.1, -0.05) is 42.8 Å². The second-order valence-electron chi connectivity index (χ2n) is 7.53. The molecule has 3 aromatic rings. The van der Waals surface area contributed by atoms with Gasteiger partial charge in [-0.25, -0.2) is 4.98 Å². The predicted octanol–water partition coefficient (Wildman–Crippen LogP) is 3.00. The molecule has 3 heterocycles. The van der Waals surface area contributed by atoms with Crippen LogP contribution in [-0.2, 0) is 17.7 Å². The smallest absolute Gasteiger partial charge is 0.270 e. The third-order valence-electron chi connectivity index (χ3n) is 5.40. The van der Waals surface area contributed by atoms with Crippen molar-refractivity contribution in [1.82, 2.24) is 19.6 Å². The van der Waals surface area contributed by atoms with Crippen molar-refractivity contribution in [3.63, 3.8) is 0 Å². The molecule has 0 atom stereocenters. The van der Waals surface area contributed by atoms with Crippen LogP contribution in [0.2, 0.25) is 5.02 Å². The van der Waals surface area contributed by atoms with E-state index in [9.17, 15) is 9.59 Å². The lowest BCUT2D eigenvalue weighted by Crippen LogP contribution is -2.39. The van der Waals surface area contributed by atoms with E-state index in [0.29, 0.717) is 54.7 Å². The van der Waals surface area contributed by atoms with Crippen LogP contribution in [0.15, 0.2) is 42.6 Å². The molecule has 8 heteroatoms. The fourth-order valence-corrected chi connectivity index (χ4v) is 3.84. The van der Waals surface area contributed by atoms with Crippen molar-refractivity contribution in [3.8, 4) is 0 Å². The molecule has 0 radical (unpaired) electrons. The van der Waals surface area contributed by atoms with Gasteiger partial charge in [0.1, 0.15) is 11.3 Å². The summed E-state index contributed by atoms with van der Waals surface area (Å²) < 4.78 is 7.05. The van der Waals surface area contributed by atoms with E-state index < -0.39 is 0 Å². The van der Waals surface area contributed by atoms with E-state index in [2.05, 4.69) is 15.2 Å². The fraction of sp³-hybridized carbons (Fsp3) is 0.348. The number of carbonyl (C=O) groups excluding carboxylic acids is 2. The van der Waals surface area contributed by atoms with Crippen LogP contribution in [0.5, 0.6) is 0 Å². The second-order valence-corrected chi connectivity index (χ2v) is 7.96. The molecular weight excluding hydrogens is 416 g/mol. The van der Waals surface area contributed by atoms with E-state index in [1.807, 2.05) is 31.2 Å². The Bertz CT molecular complexity index is 1090. The Kier molecular flexibility index (Phi) is 6.65. The van der Waals surface area contributed by atoms with Gasteiger partial charge in [0.25, 0.3) is 5.91 Å². The van der Waals surface area contributed by atoms with Crippen molar-refractivity contribution >= 4 is 28.9 Å². The molecule has 7 nitrogen and oxygen atoms in total. The molecule has 0 aliphatic carbocycles. The highest BCUT2D eigenvalue weighted by Gasteiger charge is 2.19. The van der Waals surface area contributed by atoms with Crippen LogP contribution in [-0.4, -0.2) is 58.8 Å². The topological polar surface area (TPSA) is 75.9 Å². The average molecular weight is 441 g/mol. The van der Waals surface area contributed by atoms with Crippen LogP contribution >= 0.6 is 11.6 Å². The normalized spacial score (nSPS) is 14.6. The number of aromatic nitrogens is 2. The monoisotopic (exact) mass is 440 g/mol. The molecule has 1 amide bonds. The number of amides is 1. The Morgan fingerprint density at radius 2 is 1.87 bits per heavy atom. The number of rotatable bonds is 7. The van der Waals surface area contributed by atoms with Crippen molar-refractivity contribution in [2.45, 2.75) is 19.9 Å². The lowest BCUT2D eigenvalue weighted by molar-refractivity contribution is 0.0371. The van der Waals surface area contributed by atoms with Crippen molar-refractivity contribution in [2.75, 3.05) is 32.8 Å². The first-order valence-electron chi connectivity index (χ1n) is 10.4. The van der Waals surface area contributed by atoms with Crippen LogP contribution in [0.4, 0.5) is 0 Å². The van der Waals surface area contributed by atoms with Gasteiger partial charge >= 0.3 is 0 Å². The van der Waals surface area contributed by atoms with E-state index >= 15 is 0 Å². The standard InChI is InChI=1S/C23H25ClN4O3/c1-2-19-22(28-14-18(24)7-8-21(28)26-19)23(30)25-13-16-3-5-17(6-4-16)20(29)15-27-9-11-31-12-10-27/h3-8,14H,2,9-13,15H2,1H3,(H,25,30). The first kappa shape index (κ1) is 21.5.